The zero-order valence-electron chi connectivity index (χ0n) is 16.2. The van der Waals surface area contributed by atoms with Crippen molar-refractivity contribution in [3.05, 3.63) is 99.8 Å². The number of fused-ring (bicyclic) bond motifs is 1. The van der Waals surface area contributed by atoms with Gasteiger partial charge < -0.3 is 15.0 Å². The molecule has 0 saturated heterocycles. The van der Waals surface area contributed by atoms with Crippen molar-refractivity contribution in [3.63, 3.8) is 0 Å². The number of rotatable bonds is 4. The average molecular weight is 384 g/mol. The summed E-state index contributed by atoms with van der Waals surface area (Å²) in [4.78, 5) is 27.5. The lowest BCUT2D eigenvalue weighted by Gasteiger charge is -2.10. The molecule has 0 fully saturated rings. The van der Waals surface area contributed by atoms with Gasteiger partial charge in [-0.1, -0.05) is 24.3 Å². The molecule has 0 saturated carbocycles. The van der Waals surface area contributed by atoms with E-state index in [1.54, 1.807) is 37.3 Å². The Labute approximate surface area is 168 Å². The smallest absolute Gasteiger partial charge is 0.255 e. The molecule has 1 heterocycles. The van der Waals surface area contributed by atoms with Gasteiger partial charge in [0.25, 0.3) is 11.5 Å². The first-order valence-corrected chi connectivity index (χ1v) is 9.29. The summed E-state index contributed by atoms with van der Waals surface area (Å²) in [7, 11) is 0. The Bertz CT molecular complexity index is 1240. The first-order valence-electron chi connectivity index (χ1n) is 9.29. The van der Waals surface area contributed by atoms with Crippen molar-refractivity contribution >= 4 is 22.5 Å². The molecule has 1 amide bonds. The van der Waals surface area contributed by atoms with E-state index in [1.165, 1.54) is 0 Å². The van der Waals surface area contributed by atoms with Crippen LogP contribution in [0.4, 0.5) is 5.69 Å². The van der Waals surface area contributed by atoms with E-state index in [-0.39, 0.29) is 11.5 Å². The van der Waals surface area contributed by atoms with E-state index >= 15 is 0 Å². The molecule has 0 aliphatic carbocycles. The Balaban J connectivity index is 1.51. The number of aryl methyl sites for hydroxylation is 1. The molecule has 0 unspecified atom stereocenters. The molecule has 0 spiro atoms. The van der Waals surface area contributed by atoms with Gasteiger partial charge in [-0.25, -0.2) is 0 Å². The van der Waals surface area contributed by atoms with Gasteiger partial charge >= 0.3 is 0 Å². The topological polar surface area (TPSA) is 71.2 Å². The molecule has 5 nitrogen and oxygen atoms in total. The molecule has 3 aromatic carbocycles. The Morgan fingerprint density at radius 1 is 0.862 bits per heavy atom. The standard InChI is InChI=1S/C24H20N2O3/c1-15-16(2)23(27)26-22-14-18(10-13-21(15)22)25-24(28)17-8-11-20(12-9-17)29-19-6-4-3-5-7-19/h3-14H,1-2H3,(H,25,28)(H,26,27). The number of hydrogen-bond acceptors (Lipinski definition) is 3. The first kappa shape index (κ1) is 18.5. The summed E-state index contributed by atoms with van der Waals surface area (Å²) < 4.78 is 5.75. The zero-order valence-corrected chi connectivity index (χ0v) is 16.2. The lowest BCUT2D eigenvalue weighted by atomic mass is 10.1. The van der Waals surface area contributed by atoms with Gasteiger partial charge in [-0.15, -0.1) is 0 Å². The van der Waals surface area contributed by atoms with Gasteiger partial charge in [-0.3, -0.25) is 9.59 Å². The maximum atomic E-state index is 12.6. The van der Waals surface area contributed by atoms with Crippen LogP contribution < -0.4 is 15.6 Å². The highest BCUT2D eigenvalue weighted by Gasteiger charge is 2.09. The molecule has 0 aliphatic heterocycles. The van der Waals surface area contributed by atoms with Crippen LogP contribution >= 0.6 is 0 Å². The minimum absolute atomic E-state index is 0.118. The highest BCUT2D eigenvalue weighted by atomic mass is 16.5. The van der Waals surface area contributed by atoms with Crippen LogP contribution in [0.1, 0.15) is 21.5 Å². The molecule has 29 heavy (non-hydrogen) atoms. The van der Waals surface area contributed by atoms with Crippen molar-refractivity contribution in [2.75, 3.05) is 5.32 Å². The minimum atomic E-state index is -0.234. The number of aromatic nitrogens is 1. The molecular weight excluding hydrogens is 364 g/mol. The minimum Gasteiger partial charge on any atom is -0.457 e. The number of nitrogens with one attached hydrogen (secondary N) is 2. The van der Waals surface area contributed by atoms with E-state index in [0.29, 0.717) is 28.1 Å². The highest BCUT2D eigenvalue weighted by Crippen LogP contribution is 2.23. The van der Waals surface area contributed by atoms with Crippen LogP contribution in [-0.4, -0.2) is 10.9 Å². The maximum Gasteiger partial charge on any atom is 0.255 e. The van der Waals surface area contributed by atoms with E-state index in [2.05, 4.69) is 10.3 Å². The molecule has 0 aliphatic rings. The van der Waals surface area contributed by atoms with Gasteiger partial charge in [0.1, 0.15) is 11.5 Å². The third kappa shape index (κ3) is 3.89. The molecular formula is C24H20N2O3. The van der Waals surface area contributed by atoms with E-state index in [1.807, 2.05) is 49.4 Å². The van der Waals surface area contributed by atoms with Crippen LogP contribution in [0.3, 0.4) is 0 Å². The largest absolute Gasteiger partial charge is 0.457 e. The van der Waals surface area contributed by atoms with Gasteiger partial charge in [0.15, 0.2) is 0 Å². The van der Waals surface area contributed by atoms with Crippen molar-refractivity contribution < 1.29 is 9.53 Å². The van der Waals surface area contributed by atoms with Gasteiger partial charge in [0, 0.05) is 22.2 Å². The number of amides is 1. The molecule has 0 bridgehead atoms. The molecule has 144 valence electrons. The molecule has 4 rings (SSSR count). The summed E-state index contributed by atoms with van der Waals surface area (Å²) in [5, 5.41) is 3.83. The van der Waals surface area contributed by atoms with Crippen molar-refractivity contribution in [2.24, 2.45) is 0 Å². The van der Waals surface area contributed by atoms with Crippen LogP contribution in [-0.2, 0) is 0 Å². The summed E-state index contributed by atoms with van der Waals surface area (Å²) in [6, 6.07) is 21.9. The predicted molar refractivity (Wildman–Crippen MR) is 115 cm³/mol. The lowest BCUT2D eigenvalue weighted by molar-refractivity contribution is 0.102. The number of H-pyrrole nitrogens is 1. The molecule has 2 N–H and O–H groups in total. The third-order valence-corrected chi connectivity index (χ3v) is 4.93. The third-order valence-electron chi connectivity index (χ3n) is 4.93. The predicted octanol–water partition coefficient (Wildman–Crippen LogP) is 5.19. The number of anilines is 1. The first-order chi connectivity index (χ1) is 14.0. The fourth-order valence-corrected chi connectivity index (χ4v) is 3.14. The Morgan fingerprint density at radius 2 is 1.55 bits per heavy atom. The number of hydrogen-bond donors (Lipinski definition) is 2. The number of aromatic amines is 1. The van der Waals surface area contributed by atoms with Gasteiger partial charge in [0.2, 0.25) is 0 Å². The number of pyridine rings is 1. The number of benzene rings is 3. The van der Waals surface area contributed by atoms with Gasteiger partial charge in [-0.2, -0.15) is 0 Å². The Hall–Kier alpha value is -3.86. The second-order valence-electron chi connectivity index (χ2n) is 6.86. The molecule has 5 heteroatoms. The van der Waals surface area contributed by atoms with Crippen LogP contribution in [0.25, 0.3) is 10.9 Å². The summed E-state index contributed by atoms with van der Waals surface area (Å²) >= 11 is 0. The van der Waals surface area contributed by atoms with E-state index < -0.39 is 0 Å². The Kier molecular flexibility index (Phi) is 4.87. The fraction of sp³-hybridized carbons (Fsp3) is 0.0833. The normalized spacial score (nSPS) is 10.7. The summed E-state index contributed by atoms with van der Waals surface area (Å²) in [6.07, 6.45) is 0. The Morgan fingerprint density at radius 3 is 2.28 bits per heavy atom. The second kappa shape index (κ2) is 7.64. The van der Waals surface area contributed by atoms with Gasteiger partial charge in [-0.05, 0) is 67.9 Å². The molecule has 4 aromatic rings. The number of carbonyl (C=O) groups excluding carboxylic acids is 1. The van der Waals surface area contributed by atoms with Crippen molar-refractivity contribution in [1.29, 1.82) is 0 Å². The average Bonchev–Trinajstić information content (AvgIpc) is 2.73. The van der Waals surface area contributed by atoms with E-state index in [0.717, 1.165) is 16.7 Å². The lowest BCUT2D eigenvalue weighted by Crippen LogP contribution is -2.13. The van der Waals surface area contributed by atoms with Crippen molar-refractivity contribution in [2.45, 2.75) is 13.8 Å². The fourth-order valence-electron chi connectivity index (χ4n) is 3.14. The SMILES string of the molecule is Cc1c(C)c2ccc(NC(=O)c3ccc(Oc4ccccc4)cc3)cc2[nH]c1=O. The number of ether oxygens (including phenoxy) is 1. The van der Waals surface area contributed by atoms with E-state index in [4.69, 9.17) is 4.74 Å². The van der Waals surface area contributed by atoms with Crippen LogP contribution in [0.5, 0.6) is 11.5 Å². The van der Waals surface area contributed by atoms with Crippen molar-refractivity contribution in [1.82, 2.24) is 4.98 Å². The van der Waals surface area contributed by atoms with Gasteiger partial charge in [0.05, 0.1) is 5.52 Å². The van der Waals surface area contributed by atoms with Crippen LogP contribution in [0.2, 0.25) is 0 Å². The van der Waals surface area contributed by atoms with Crippen molar-refractivity contribution in [3.8, 4) is 11.5 Å². The van der Waals surface area contributed by atoms with E-state index in [9.17, 15) is 9.59 Å². The summed E-state index contributed by atoms with van der Waals surface area (Å²) in [5.41, 5.74) is 3.35. The number of carbonyl (C=O) groups is 1. The summed E-state index contributed by atoms with van der Waals surface area (Å²) in [5.74, 6) is 1.16. The van der Waals surface area contributed by atoms with Crippen LogP contribution in [0, 0.1) is 13.8 Å². The maximum absolute atomic E-state index is 12.6. The zero-order chi connectivity index (χ0) is 20.4. The molecule has 0 atom stereocenters. The second-order valence-corrected chi connectivity index (χ2v) is 6.86. The molecule has 0 radical (unpaired) electrons. The monoisotopic (exact) mass is 384 g/mol. The quantitative estimate of drug-likeness (QED) is 0.509. The van der Waals surface area contributed by atoms with Crippen LogP contribution in [0.15, 0.2) is 77.6 Å². The summed E-state index contributed by atoms with van der Waals surface area (Å²) in [6.45, 7) is 3.72. The highest BCUT2D eigenvalue weighted by molar-refractivity contribution is 6.05. The number of para-hydroxylation sites is 1. The molecule has 1 aromatic heterocycles.